The summed E-state index contributed by atoms with van der Waals surface area (Å²) < 4.78 is 12.0. The van der Waals surface area contributed by atoms with E-state index in [9.17, 15) is 9.59 Å². The van der Waals surface area contributed by atoms with Crippen molar-refractivity contribution in [3.63, 3.8) is 0 Å². The number of rotatable bonds is 9. The summed E-state index contributed by atoms with van der Waals surface area (Å²) in [4.78, 5) is 30.9. The molecule has 1 saturated heterocycles. The van der Waals surface area contributed by atoms with Crippen LogP contribution in [0.4, 0.5) is 16.3 Å². The minimum atomic E-state index is -0.649. The third-order valence-electron chi connectivity index (χ3n) is 6.34. The van der Waals surface area contributed by atoms with E-state index >= 15 is 0 Å². The molecule has 3 aromatic rings. The predicted molar refractivity (Wildman–Crippen MR) is 134 cm³/mol. The first-order valence-corrected chi connectivity index (χ1v) is 11.8. The molecule has 0 atom stereocenters. The van der Waals surface area contributed by atoms with E-state index in [0.717, 1.165) is 57.0 Å². The van der Waals surface area contributed by atoms with E-state index in [-0.39, 0.29) is 11.4 Å². The smallest absolute Gasteiger partial charge is 0.343 e. The normalized spacial score (nSPS) is 14.2. The summed E-state index contributed by atoms with van der Waals surface area (Å²) in [5, 5.41) is 4.44. The minimum Gasteiger partial charge on any atom is -0.495 e. The highest BCUT2D eigenvalue weighted by Gasteiger charge is 2.27. The molecule has 1 aromatic carbocycles. The molecule has 0 aliphatic carbocycles. The molecule has 3 heterocycles. The van der Waals surface area contributed by atoms with Gasteiger partial charge in [0.25, 0.3) is 0 Å². The van der Waals surface area contributed by atoms with Crippen LogP contribution in [0.2, 0.25) is 0 Å². The number of piperazine rings is 1. The molecule has 10 nitrogen and oxygen atoms in total. The van der Waals surface area contributed by atoms with Crippen molar-refractivity contribution in [2.75, 3.05) is 63.3 Å². The molecule has 186 valence electrons. The molecular weight excluding hydrogens is 448 g/mol. The van der Waals surface area contributed by atoms with E-state index in [1.807, 2.05) is 18.2 Å². The van der Waals surface area contributed by atoms with Crippen LogP contribution in [-0.4, -0.2) is 80.0 Å². The third kappa shape index (κ3) is 5.32. The van der Waals surface area contributed by atoms with Gasteiger partial charge in [-0.2, -0.15) is 0 Å². The molecular formula is C25H32N6O4. The van der Waals surface area contributed by atoms with Gasteiger partial charge in [0.05, 0.1) is 25.4 Å². The van der Waals surface area contributed by atoms with Gasteiger partial charge in [0.15, 0.2) is 5.82 Å². The van der Waals surface area contributed by atoms with Crippen LogP contribution >= 0.6 is 0 Å². The molecule has 0 saturated carbocycles. The molecule has 1 aliphatic rings. The Balaban J connectivity index is 1.33. The summed E-state index contributed by atoms with van der Waals surface area (Å²) in [6.45, 7) is 5.05. The fourth-order valence-corrected chi connectivity index (χ4v) is 4.50. The van der Waals surface area contributed by atoms with E-state index < -0.39 is 12.0 Å². The highest BCUT2D eigenvalue weighted by atomic mass is 16.5. The Kier molecular flexibility index (Phi) is 7.71. The highest BCUT2D eigenvalue weighted by Crippen LogP contribution is 2.28. The monoisotopic (exact) mass is 480 g/mol. The van der Waals surface area contributed by atoms with Gasteiger partial charge < -0.3 is 20.1 Å². The van der Waals surface area contributed by atoms with Crippen molar-refractivity contribution >= 4 is 29.0 Å². The number of para-hydroxylation sites is 2. The Hall–Kier alpha value is -3.79. The number of hydrogen-bond donors (Lipinski definition) is 1. The molecule has 0 unspecified atom stereocenters. The van der Waals surface area contributed by atoms with Crippen LogP contribution < -0.4 is 20.3 Å². The zero-order valence-electron chi connectivity index (χ0n) is 20.2. The zero-order chi connectivity index (χ0) is 24.8. The maximum Gasteiger partial charge on any atom is 0.343 e. The van der Waals surface area contributed by atoms with Crippen LogP contribution in [-0.2, 0) is 4.74 Å². The van der Waals surface area contributed by atoms with Gasteiger partial charge in [-0.25, -0.2) is 14.1 Å². The second kappa shape index (κ2) is 11.1. The Bertz CT molecular complexity index is 1170. The van der Waals surface area contributed by atoms with Gasteiger partial charge in [0, 0.05) is 38.9 Å². The maximum atomic E-state index is 12.5. The molecule has 1 fully saturated rings. The number of carbonyl (C=O) groups excluding carboxylic acids is 2. The molecule has 0 radical (unpaired) electrons. The van der Waals surface area contributed by atoms with Gasteiger partial charge in [-0.1, -0.05) is 18.2 Å². The molecule has 0 bridgehead atoms. The fourth-order valence-electron chi connectivity index (χ4n) is 4.50. The van der Waals surface area contributed by atoms with Crippen LogP contribution in [0.5, 0.6) is 5.75 Å². The van der Waals surface area contributed by atoms with Crippen molar-refractivity contribution in [3.8, 4) is 5.75 Å². The number of benzene rings is 1. The van der Waals surface area contributed by atoms with E-state index in [0.29, 0.717) is 12.1 Å². The number of nitrogens with two attached hydrogens (primary N) is 1. The number of urea groups is 1. The van der Waals surface area contributed by atoms with Gasteiger partial charge in [-0.05, 0) is 43.7 Å². The number of carbonyl (C=O) groups is 2. The number of hydrogen-bond acceptors (Lipinski definition) is 7. The van der Waals surface area contributed by atoms with Crippen molar-refractivity contribution in [1.29, 1.82) is 0 Å². The van der Waals surface area contributed by atoms with E-state index in [1.54, 1.807) is 36.0 Å². The average Bonchev–Trinajstić information content (AvgIpc) is 3.27. The highest BCUT2D eigenvalue weighted by molar-refractivity contribution is 6.06. The van der Waals surface area contributed by atoms with Crippen LogP contribution in [0.15, 0.2) is 48.7 Å². The lowest BCUT2D eigenvalue weighted by Crippen LogP contribution is -2.46. The second-order valence-corrected chi connectivity index (χ2v) is 8.42. The molecule has 4 rings (SSSR count). The number of pyridine rings is 1. The van der Waals surface area contributed by atoms with Gasteiger partial charge in [0.1, 0.15) is 11.3 Å². The fraction of sp³-hybridized carbons (Fsp3) is 0.400. The lowest BCUT2D eigenvalue weighted by atomic mass is 10.2. The standard InChI is InChI=1S/C25H32N6O4/c1-34-21-11-4-3-9-19(21)29-17-15-28(16-18-29)12-7-8-13-30(25(26)33)23-22(24(32)35-2)20-10-5-6-14-31(20)27-23/h3-6,9-11,14H,7-8,12-13,15-18H2,1-2H3,(H2,26,33). The number of amides is 2. The summed E-state index contributed by atoms with van der Waals surface area (Å²) >= 11 is 0. The first-order chi connectivity index (χ1) is 17.0. The van der Waals surface area contributed by atoms with Gasteiger partial charge >= 0.3 is 12.0 Å². The van der Waals surface area contributed by atoms with Crippen molar-refractivity contribution < 1.29 is 19.1 Å². The lowest BCUT2D eigenvalue weighted by molar-refractivity contribution is 0.0603. The summed E-state index contributed by atoms with van der Waals surface area (Å²) in [6, 6.07) is 12.8. The molecule has 0 spiro atoms. The average molecular weight is 481 g/mol. The number of esters is 1. The van der Waals surface area contributed by atoms with Gasteiger partial charge in [-0.3, -0.25) is 9.80 Å². The van der Waals surface area contributed by atoms with Gasteiger partial charge in [-0.15, -0.1) is 5.10 Å². The van der Waals surface area contributed by atoms with Crippen LogP contribution in [0.3, 0.4) is 0 Å². The molecule has 2 N–H and O–H groups in total. The van der Waals surface area contributed by atoms with Crippen molar-refractivity contribution in [3.05, 3.63) is 54.2 Å². The van der Waals surface area contributed by atoms with Crippen LogP contribution in [0.25, 0.3) is 5.52 Å². The minimum absolute atomic E-state index is 0.223. The first kappa shape index (κ1) is 24.3. The van der Waals surface area contributed by atoms with Crippen LogP contribution in [0, 0.1) is 0 Å². The largest absolute Gasteiger partial charge is 0.495 e. The Morgan fingerprint density at radius 1 is 1.03 bits per heavy atom. The second-order valence-electron chi connectivity index (χ2n) is 8.42. The van der Waals surface area contributed by atoms with Crippen molar-refractivity contribution in [2.24, 2.45) is 5.73 Å². The van der Waals surface area contributed by atoms with E-state index in [2.05, 4.69) is 21.0 Å². The Morgan fingerprint density at radius 2 is 1.77 bits per heavy atom. The zero-order valence-corrected chi connectivity index (χ0v) is 20.2. The number of primary amides is 1. The quantitative estimate of drug-likeness (QED) is 0.371. The maximum absolute atomic E-state index is 12.5. The van der Waals surface area contributed by atoms with Gasteiger partial charge in [0.2, 0.25) is 0 Å². The first-order valence-electron chi connectivity index (χ1n) is 11.8. The number of fused-ring (bicyclic) bond motifs is 1. The molecule has 1 aliphatic heterocycles. The van der Waals surface area contributed by atoms with E-state index in [1.165, 1.54) is 12.0 Å². The third-order valence-corrected chi connectivity index (χ3v) is 6.34. The van der Waals surface area contributed by atoms with Crippen LogP contribution in [0.1, 0.15) is 23.2 Å². The summed E-state index contributed by atoms with van der Waals surface area (Å²) in [7, 11) is 3.01. The number of ether oxygens (including phenoxy) is 2. The SMILES string of the molecule is COC(=O)c1c(N(CCCCN2CCN(c3ccccc3OC)CC2)C(N)=O)nn2ccccc12. The molecule has 35 heavy (non-hydrogen) atoms. The molecule has 2 aromatic heterocycles. The number of methoxy groups -OCH3 is 2. The summed E-state index contributed by atoms with van der Waals surface area (Å²) in [6.07, 6.45) is 3.33. The number of unbranched alkanes of at least 4 members (excludes halogenated alkanes) is 1. The van der Waals surface area contributed by atoms with Crippen molar-refractivity contribution in [2.45, 2.75) is 12.8 Å². The topological polar surface area (TPSA) is 106 Å². The number of aromatic nitrogens is 2. The Morgan fingerprint density at radius 3 is 2.49 bits per heavy atom. The Labute approximate surface area is 204 Å². The number of nitrogens with zero attached hydrogens (tertiary/aromatic N) is 5. The lowest BCUT2D eigenvalue weighted by Gasteiger charge is -2.36. The number of anilines is 2. The molecule has 10 heteroatoms. The molecule has 2 amide bonds. The summed E-state index contributed by atoms with van der Waals surface area (Å²) in [5.41, 5.74) is 7.60. The summed E-state index contributed by atoms with van der Waals surface area (Å²) in [5.74, 6) is 0.562. The predicted octanol–water partition coefficient (Wildman–Crippen LogP) is 2.62. The van der Waals surface area contributed by atoms with E-state index in [4.69, 9.17) is 15.2 Å². The van der Waals surface area contributed by atoms with Crippen molar-refractivity contribution in [1.82, 2.24) is 14.5 Å².